The van der Waals surface area contributed by atoms with Crippen LogP contribution < -0.4 is 4.67 Å². The van der Waals surface area contributed by atoms with Crippen molar-refractivity contribution in [2.75, 3.05) is 25.8 Å². The molecule has 0 bridgehead atoms. The van der Waals surface area contributed by atoms with Gasteiger partial charge in [-0.05, 0) is 0 Å². The van der Waals surface area contributed by atoms with E-state index in [-0.39, 0.29) is 14.0 Å². The molecule has 1 amide bonds. The number of hydrogen-bond acceptors (Lipinski definition) is 5. The zero-order valence-corrected chi connectivity index (χ0v) is 20.8. The Morgan fingerprint density at radius 3 is 1.47 bits per heavy atom. The van der Waals surface area contributed by atoms with Gasteiger partial charge in [-0.2, -0.15) is 0 Å². The average molecular weight is 597 g/mol. The summed E-state index contributed by atoms with van der Waals surface area (Å²) in [6.07, 6.45) is -29.7. The van der Waals surface area contributed by atoms with Gasteiger partial charge in [0.2, 0.25) is 0 Å². The molecule has 6 nitrogen and oxygen atoms in total. The standard InChI is InChI=1S/C19H20F12N3O3P/c1-10(2)34-13(35)11-8-6-7-9-12(11)33(5)38(34,32(3)4)36-14(16(20,21)22,17(23,24)25)15(37-38,18(26,27)28)19(29,30)31/h6-10H,1-5H3. The number of rotatable bonds is 2. The first-order chi connectivity index (χ1) is 16.8. The molecule has 0 N–H and O–H groups in total. The van der Waals surface area contributed by atoms with Gasteiger partial charge in [0.1, 0.15) is 0 Å². The normalized spacial score (nSPS) is 24.1. The third-order valence-corrected chi connectivity index (χ3v) is 11.6. The topological polar surface area (TPSA) is 45.3 Å². The number of benzene rings is 1. The molecule has 2 heterocycles. The van der Waals surface area contributed by atoms with Gasteiger partial charge in [-0.1, -0.05) is 0 Å². The third kappa shape index (κ3) is 3.17. The van der Waals surface area contributed by atoms with Gasteiger partial charge in [0.25, 0.3) is 0 Å². The van der Waals surface area contributed by atoms with Crippen LogP contribution >= 0.6 is 7.51 Å². The van der Waals surface area contributed by atoms with Gasteiger partial charge in [-0.15, -0.1) is 0 Å². The summed E-state index contributed by atoms with van der Waals surface area (Å²) < 4.78 is 182. The molecule has 1 aromatic carbocycles. The van der Waals surface area contributed by atoms with E-state index in [1.165, 1.54) is 6.07 Å². The predicted molar refractivity (Wildman–Crippen MR) is 109 cm³/mol. The van der Waals surface area contributed by atoms with E-state index < -0.39 is 66.6 Å². The Balaban J connectivity index is 2.75. The summed E-state index contributed by atoms with van der Waals surface area (Å²) in [7, 11) is -5.52. The fourth-order valence-electron chi connectivity index (χ4n) is 4.96. The van der Waals surface area contributed by atoms with Crippen molar-refractivity contribution in [1.29, 1.82) is 0 Å². The quantitative estimate of drug-likeness (QED) is 0.290. The fourth-order valence-corrected chi connectivity index (χ4v) is 10.3. The van der Waals surface area contributed by atoms with E-state index in [1.54, 1.807) is 0 Å². The number of carbonyl (C=O) groups excluding carboxylic acids is 1. The summed E-state index contributed by atoms with van der Waals surface area (Å²) in [5.41, 5.74) is -15.2. The second-order valence-electron chi connectivity index (χ2n) is 9.00. The maximum atomic E-state index is 14.4. The Labute approximate surface area is 207 Å². The van der Waals surface area contributed by atoms with Crippen LogP contribution in [0.1, 0.15) is 24.2 Å². The molecular weight excluding hydrogens is 577 g/mol. The van der Waals surface area contributed by atoms with Gasteiger partial charge >= 0.3 is 206 Å². The van der Waals surface area contributed by atoms with E-state index in [0.717, 1.165) is 32.0 Å². The molecule has 0 atom stereocenters. The van der Waals surface area contributed by atoms with Crippen molar-refractivity contribution in [2.45, 2.75) is 55.8 Å². The summed E-state index contributed by atoms with van der Waals surface area (Å²) >= 11 is 0. The molecular formula is C19H20F12N3O3P. The number of alkyl halides is 12. The SMILES string of the molecule is CC(C)N1C(=O)c2ccccc2N(C)P12(N(C)C)OC(C(F)(F)F)(C(F)(F)F)C(C(F)(F)F)(C(F)(F)F)O2. The molecule has 19 heteroatoms. The number of nitrogens with zero attached hydrogens (tertiary/aromatic N) is 3. The molecule has 2 aliphatic heterocycles. The van der Waals surface area contributed by atoms with E-state index in [9.17, 15) is 57.5 Å². The summed E-state index contributed by atoms with van der Waals surface area (Å²) in [6.45, 7) is 1.91. The summed E-state index contributed by atoms with van der Waals surface area (Å²) in [5, 5.41) is 0. The summed E-state index contributed by atoms with van der Waals surface area (Å²) in [6, 6.07) is 2.61. The number of para-hydroxylation sites is 1. The molecule has 0 aromatic heterocycles. The van der Waals surface area contributed by atoms with Crippen molar-refractivity contribution in [3.63, 3.8) is 0 Å². The van der Waals surface area contributed by atoms with Crippen molar-refractivity contribution in [2.24, 2.45) is 0 Å². The molecule has 0 radical (unpaired) electrons. The second kappa shape index (κ2) is 8.01. The Hall–Kier alpha value is -2.04. The maximum absolute atomic E-state index is 14.4. The zero-order valence-electron chi connectivity index (χ0n) is 19.9. The van der Waals surface area contributed by atoms with Gasteiger partial charge in [-0.25, -0.2) is 0 Å². The Morgan fingerprint density at radius 2 is 1.16 bits per heavy atom. The van der Waals surface area contributed by atoms with E-state index in [1.807, 2.05) is 0 Å². The molecule has 0 unspecified atom stereocenters. The third-order valence-electron chi connectivity index (χ3n) is 6.43. The van der Waals surface area contributed by atoms with Gasteiger partial charge in [0, 0.05) is 0 Å². The van der Waals surface area contributed by atoms with Crippen LogP contribution in [0.3, 0.4) is 0 Å². The van der Waals surface area contributed by atoms with E-state index in [4.69, 9.17) is 0 Å². The van der Waals surface area contributed by atoms with Crippen LogP contribution in [0, 0.1) is 0 Å². The number of halogens is 12. The first-order valence-electron chi connectivity index (χ1n) is 10.4. The number of hydrogen-bond donors (Lipinski definition) is 0. The average Bonchev–Trinajstić information content (AvgIpc) is 3.05. The monoisotopic (exact) mass is 597 g/mol. The van der Waals surface area contributed by atoms with Crippen molar-refractivity contribution >= 4 is 19.1 Å². The molecule has 218 valence electrons. The van der Waals surface area contributed by atoms with Crippen molar-refractivity contribution in [3.05, 3.63) is 29.8 Å². The first kappa shape index (κ1) is 30.5. The number of carbonyl (C=O) groups is 1. The van der Waals surface area contributed by atoms with Crippen LogP contribution in [-0.2, 0) is 9.05 Å². The Kier molecular flexibility index (Phi) is 6.43. The second-order valence-corrected chi connectivity index (χ2v) is 12.9. The van der Waals surface area contributed by atoms with Gasteiger partial charge < -0.3 is 0 Å². The Morgan fingerprint density at radius 1 is 0.789 bits per heavy atom. The minimum absolute atomic E-state index is 0.0284. The molecule has 1 fully saturated rings. The van der Waals surface area contributed by atoms with Crippen LogP contribution in [0.25, 0.3) is 0 Å². The molecule has 1 aromatic rings. The molecule has 0 saturated carbocycles. The fraction of sp³-hybridized carbons (Fsp3) is 0.632. The van der Waals surface area contributed by atoms with Crippen LogP contribution in [0.15, 0.2) is 24.3 Å². The zero-order chi connectivity index (χ0) is 29.7. The predicted octanol–water partition coefficient (Wildman–Crippen LogP) is 6.45. The number of amides is 1. The van der Waals surface area contributed by atoms with Gasteiger partial charge in [-0.3, -0.25) is 0 Å². The van der Waals surface area contributed by atoms with Gasteiger partial charge in [0.15, 0.2) is 0 Å². The van der Waals surface area contributed by atoms with Crippen molar-refractivity contribution < 1.29 is 66.5 Å². The van der Waals surface area contributed by atoms with Crippen molar-refractivity contribution in [3.8, 4) is 0 Å². The van der Waals surface area contributed by atoms with E-state index >= 15 is 0 Å². The van der Waals surface area contributed by atoms with E-state index in [2.05, 4.69) is 9.05 Å². The number of fused-ring (bicyclic) bond motifs is 1. The first-order valence-corrected chi connectivity index (χ1v) is 12.3. The minimum atomic E-state index is -7.43. The number of anilines is 1. The van der Waals surface area contributed by atoms with Crippen LogP contribution in [0.5, 0.6) is 0 Å². The van der Waals surface area contributed by atoms with Crippen LogP contribution in [0.2, 0.25) is 0 Å². The molecule has 1 spiro atoms. The summed E-state index contributed by atoms with van der Waals surface area (Å²) in [5.74, 6) is -1.52. The molecule has 3 rings (SSSR count). The van der Waals surface area contributed by atoms with Crippen molar-refractivity contribution in [1.82, 2.24) is 9.34 Å². The molecule has 38 heavy (non-hydrogen) atoms. The van der Waals surface area contributed by atoms with E-state index in [0.29, 0.717) is 21.1 Å². The Bertz CT molecular complexity index is 1060. The van der Waals surface area contributed by atoms with Gasteiger partial charge in [0.05, 0.1) is 0 Å². The summed E-state index contributed by atoms with van der Waals surface area (Å²) in [4.78, 5) is 13.5. The molecule has 1 saturated heterocycles. The molecule has 2 aliphatic rings. The van der Waals surface area contributed by atoms with Crippen LogP contribution in [-0.4, -0.2) is 78.3 Å². The van der Waals surface area contributed by atoms with Crippen LogP contribution in [0.4, 0.5) is 58.4 Å². The molecule has 0 aliphatic carbocycles.